The largest absolute Gasteiger partial charge is 0.453 e. The number of ether oxygens (including phenoxy) is 2. The van der Waals surface area contributed by atoms with Crippen molar-refractivity contribution < 1.29 is 34.7 Å². The number of nitrogens with one attached hydrogen (secondary N) is 1. The first kappa shape index (κ1) is 22.2. The first-order valence-electron chi connectivity index (χ1n) is 11.4. The average molecular weight is 459 g/mol. The van der Waals surface area contributed by atoms with Crippen molar-refractivity contribution in [2.45, 2.75) is 55.6 Å². The molecule has 5 rings (SSSR count). The second kappa shape index (κ2) is 8.64. The number of hydrogen-bond acceptors (Lipinski definition) is 8. The lowest BCUT2D eigenvalue weighted by Gasteiger charge is -2.47. The maximum absolute atomic E-state index is 13.3. The smallest absolute Gasteiger partial charge is 0.254 e. The molecule has 2 heterocycles. The van der Waals surface area contributed by atoms with Crippen LogP contribution in [0.3, 0.4) is 0 Å². The van der Waals surface area contributed by atoms with Gasteiger partial charge in [-0.25, -0.2) is 0 Å². The van der Waals surface area contributed by atoms with Crippen molar-refractivity contribution in [2.75, 3.05) is 24.8 Å². The number of carbonyl (C=O) groups is 1. The Morgan fingerprint density at radius 2 is 1.85 bits per heavy atom. The van der Waals surface area contributed by atoms with Crippen molar-refractivity contribution in [3.05, 3.63) is 42.0 Å². The summed E-state index contributed by atoms with van der Waals surface area (Å²) in [6.45, 7) is 4.80. The van der Waals surface area contributed by atoms with Gasteiger partial charge in [-0.05, 0) is 30.4 Å². The minimum absolute atomic E-state index is 0.00665. The van der Waals surface area contributed by atoms with Gasteiger partial charge in [0.15, 0.2) is 11.5 Å². The van der Waals surface area contributed by atoms with Gasteiger partial charge < -0.3 is 40.1 Å². The van der Waals surface area contributed by atoms with E-state index in [1.807, 2.05) is 4.90 Å². The van der Waals surface area contributed by atoms with Crippen LogP contribution in [0.25, 0.3) is 0 Å². The molecule has 9 heteroatoms. The number of carbonyl (C=O) groups excluding carboxylic acids is 1. The third-order valence-electron chi connectivity index (χ3n) is 7.27. The van der Waals surface area contributed by atoms with Crippen LogP contribution in [0.4, 0.5) is 5.69 Å². The normalized spacial score (nSPS) is 32.7. The molecule has 1 aromatic carbocycles. The topological polar surface area (TPSA) is 132 Å². The molecule has 0 radical (unpaired) electrons. The maximum atomic E-state index is 13.3. The van der Waals surface area contributed by atoms with Gasteiger partial charge in [0.25, 0.3) is 5.91 Å². The summed E-state index contributed by atoms with van der Waals surface area (Å²) in [7, 11) is 0. The fourth-order valence-corrected chi connectivity index (χ4v) is 5.30. The van der Waals surface area contributed by atoms with Crippen LogP contribution in [0.5, 0.6) is 11.5 Å². The number of benzene rings is 1. The van der Waals surface area contributed by atoms with E-state index in [1.165, 1.54) is 19.3 Å². The highest BCUT2D eigenvalue weighted by Crippen LogP contribution is 2.50. The van der Waals surface area contributed by atoms with Gasteiger partial charge in [0, 0.05) is 19.0 Å². The molecule has 0 saturated heterocycles. The molecule has 2 fully saturated rings. The summed E-state index contributed by atoms with van der Waals surface area (Å²) < 4.78 is 11.4. The molecule has 6 atom stereocenters. The molecule has 33 heavy (non-hydrogen) atoms. The van der Waals surface area contributed by atoms with E-state index in [9.17, 15) is 25.2 Å². The molecule has 0 bridgehead atoms. The van der Waals surface area contributed by atoms with Gasteiger partial charge in [-0.2, -0.15) is 0 Å². The van der Waals surface area contributed by atoms with Gasteiger partial charge in [-0.15, -0.1) is 6.58 Å². The predicted molar refractivity (Wildman–Crippen MR) is 119 cm³/mol. The summed E-state index contributed by atoms with van der Waals surface area (Å²) in [6.07, 6.45) is 3.66. The standard InChI is InChI=1S/C24H30N2O7/c1-2-8-26(9-4-7-12-5-3-6-12)18-16-13(10-14-23(18)33-11-32-14)15-17(25-24(16)31)20(28)22(30)21(29)19(15)27/h2,4,7,10,12,15,17,19-22,27-30H,1,3,5-6,8-9,11H2,(H,25,31)/b7-4-/t15-,17-,19-,20+,21+,22+/m1/s1. The summed E-state index contributed by atoms with van der Waals surface area (Å²) >= 11 is 0. The predicted octanol–water partition coefficient (Wildman–Crippen LogP) is 0.417. The monoisotopic (exact) mass is 458 g/mol. The van der Waals surface area contributed by atoms with Crippen molar-refractivity contribution in [1.82, 2.24) is 5.32 Å². The molecular weight excluding hydrogens is 428 g/mol. The van der Waals surface area contributed by atoms with Gasteiger partial charge in [-0.1, -0.05) is 24.6 Å². The fourth-order valence-electron chi connectivity index (χ4n) is 5.30. The number of nitrogens with zero attached hydrogens (tertiary/aromatic N) is 1. The summed E-state index contributed by atoms with van der Waals surface area (Å²) in [5.41, 5.74) is 1.27. The van der Waals surface area contributed by atoms with Gasteiger partial charge in [0.1, 0.15) is 18.3 Å². The average Bonchev–Trinajstić information content (AvgIpc) is 3.24. The maximum Gasteiger partial charge on any atom is 0.254 e. The molecule has 1 aromatic rings. The third-order valence-corrected chi connectivity index (χ3v) is 7.27. The summed E-state index contributed by atoms with van der Waals surface area (Å²) in [5.74, 6) is 0.160. The van der Waals surface area contributed by atoms with Gasteiger partial charge in [0.2, 0.25) is 6.79 Å². The Bertz CT molecular complexity index is 976. The molecule has 5 N–H and O–H groups in total. The SMILES string of the molecule is C=CCN(C/C=C\C1CCC1)c1c2c(cc3c1C(=O)N[C@H]1[C@H](O)[C@H](O)[C@@H](O)[C@H](O)[C@H]31)OCO2. The molecule has 2 aliphatic carbocycles. The zero-order valence-electron chi connectivity index (χ0n) is 18.3. The number of amides is 1. The van der Waals surface area contributed by atoms with E-state index in [4.69, 9.17) is 9.47 Å². The van der Waals surface area contributed by atoms with Crippen molar-refractivity contribution in [3.8, 4) is 11.5 Å². The lowest BCUT2D eigenvalue weighted by Crippen LogP contribution is -2.66. The van der Waals surface area contributed by atoms with E-state index in [-0.39, 0.29) is 6.79 Å². The molecule has 0 unspecified atom stereocenters. The van der Waals surface area contributed by atoms with Gasteiger partial charge in [-0.3, -0.25) is 4.79 Å². The number of aliphatic hydroxyl groups excluding tert-OH is 4. The van der Waals surface area contributed by atoms with Gasteiger partial charge >= 0.3 is 0 Å². The number of anilines is 1. The Hall–Kier alpha value is -2.59. The number of rotatable bonds is 6. The van der Waals surface area contributed by atoms with Crippen LogP contribution in [0.15, 0.2) is 30.9 Å². The first-order chi connectivity index (χ1) is 15.9. The first-order valence-corrected chi connectivity index (χ1v) is 11.4. The second-order valence-corrected chi connectivity index (χ2v) is 9.22. The fraction of sp³-hybridized carbons (Fsp3) is 0.542. The van der Waals surface area contributed by atoms with Crippen LogP contribution in [0, 0.1) is 5.92 Å². The molecule has 2 aliphatic heterocycles. The third kappa shape index (κ3) is 3.59. The zero-order valence-corrected chi connectivity index (χ0v) is 18.3. The van der Waals surface area contributed by atoms with E-state index in [0.29, 0.717) is 47.3 Å². The molecule has 4 aliphatic rings. The molecule has 9 nitrogen and oxygen atoms in total. The van der Waals surface area contributed by atoms with Crippen LogP contribution in [0.1, 0.15) is 41.1 Å². The van der Waals surface area contributed by atoms with Crippen LogP contribution >= 0.6 is 0 Å². The Morgan fingerprint density at radius 3 is 2.55 bits per heavy atom. The van der Waals surface area contributed by atoms with E-state index in [0.717, 1.165) is 0 Å². The van der Waals surface area contributed by atoms with Crippen molar-refractivity contribution in [3.63, 3.8) is 0 Å². The highest BCUT2D eigenvalue weighted by molar-refractivity contribution is 6.05. The molecule has 1 amide bonds. The molecule has 0 spiro atoms. The van der Waals surface area contributed by atoms with Crippen LogP contribution in [-0.2, 0) is 0 Å². The number of fused-ring (bicyclic) bond motifs is 4. The van der Waals surface area contributed by atoms with E-state index < -0.39 is 42.3 Å². The van der Waals surface area contributed by atoms with Crippen molar-refractivity contribution >= 4 is 11.6 Å². The highest BCUT2D eigenvalue weighted by atomic mass is 16.7. The Morgan fingerprint density at radius 1 is 1.09 bits per heavy atom. The quantitative estimate of drug-likeness (QED) is 0.388. The molecular formula is C24H30N2O7. The zero-order chi connectivity index (χ0) is 23.3. The minimum atomic E-state index is -1.58. The van der Waals surface area contributed by atoms with Crippen LogP contribution in [-0.4, -0.2) is 76.7 Å². The highest BCUT2D eigenvalue weighted by Gasteiger charge is 2.54. The van der Waals surface area contributed by atoms with Gasteiger partial charge in [0.05, 0.1) is 23.4 Å². The van der Waals surface area contributed by atoms with Crippen molar-refractivity contribution in [1.29, 1.82) is 0 Å². The lowest BCUT2D eigenvalue weighted by atomic mass is 9.70. The second-order valence-electron chi connectivity index (χ2n) is 9.22. The number of allylic oxidation sites excluding steroid dienone is 1. The molecule has 178 valence electrons. The summed E-state index contributed by atoms with van der Waals surface area (Å²) in [5, 5.41) is 44.6. The summed E-state index contributed by atoms with van der Waals surface area (Å²) in [6, 6.07) is 0.673. The van der Waals surface area contributed by atoms with E-state index >= 15 is 0 Å². The minimum Gasteiger partial charge on any atom is -0.453 e. The summed E-state index contributed by atoms with van der Waals surface area (Å²) in [4.78, 5) is 15.3. The molecule has 2 saturated carbocycles. The number of hydrogen-bond donors (Lipinski definition) is 5. The Kier molecular flexibility index (Phi) is 5.82. The van der Waals surface area contributed by atoms with Crippen LogP contribution in [0.2, 0.25) is 0 Å². The van der Waals surface area contributed by atoms with E-state index in [2.05, 4.69) is 24.0 Å². The Labute approximate surface area is 191 Å². The number of aliphatic hydroxyl groups is 4. The van der Waals surface area contributed by atoms with E-state index in [1.54, 1.807) is 12.1 Å². The van der Waals surface area contributed by atoms with Crippen molar-refractivity contribution in [2.24, 2.45) is 5.92 Å². The Balaban J connectivity index is 1.61. The molecule has 0 aromatic heterocycles. The lowest BCUT2D eigenvalue weighted by molar-refractivity contribution is -0.155. The van der Waals surface area contributed by atoms with Crippen LogP contribution < -0.4 is 19.7 Å².